The van der Waals surface area contributed by atoms with Crippen molar-refractivity contribution in [2.75, 3.05) is 4.90 Å². The molecule has 0 saturated heterocycles. The minimum Gasteiger partial charge on any atom is -0.311 e. The molecule has 0 atom stereocenters. The summed E-state index contributed by atoms with van der Waals surface area (Å²) in [5, 5.41) is 12.9. The van der Waals surface area contributed by atoms with Crippen LogP contribution < -0.4 is 4.90 Å². The summed E-state index contributed by atoms with van der Waals surface area (Å²) in [6.07, 6.45) is 0. The average molecular weight is 895 g/mol. The van der Waals surface area contributed by atoms with E-state index >= 15 is 0 Å². The van der Waals surface area contributed by atoms with Crippen LogP contribution >= 0.6 is 11.3 Å². The summed E-state index contributed by atoms with van der Waals surface area (Å²) >= 11 is 1.89. The van der Waals surface area contributed by atoms with Crippen molar-refractivity contribution in [3.63, 3.8) is 0 Å². The molecular formula is C66H42N2S. The average Bonchev–Trinajstić information content (AvgIpc) is 3.97. The Hall–Kier alpha value is -8.76. The van der Waals surface area contributed by atoms with Crippen molar-refractivity contribution in [1.29, 1.82) is 0 Å². The molecule has 0 spiro atoms. The Morgan fingerprint density at radius 2 is 0.725 bits per heavy atom. The normalized spacial score (nSPS) is 11.8. The first-order valence-corrected chi connectivity index (χ1v) is 24.5. The third kappa shape index (κ3) is 6.62. The maximum atomic E-state index is 2.39. The lowest BCUT2D eigenvalue weighted by atomic mass is 9.97. The summed E-state index contributed by atoms with van der Waals surface area (Å²) in [5.41, 5.74) is 14.0. The Labute approximate surface area is 403 Å². The van der Waals surface area contributed by atoms with Gasteiger partial charge in [0, 0.05) is 53.7 Å². The molecule has 12 aromatic carbocycles. The van der Waals surface area contributed by atoms with Crippen LogP contribution in [-0.4, -0.2) is 4.57 Å². The lowest BCUT2D eigenvalue weighted by molar-refractivity contribution is 1.18. The number of aromatic nitrogens is 1. The van der Waals surface area contributed by atoms with Crippen molar-refractivity contribution >= 4 is 103 Å². The Morgan fingerprint density at radius 1 is 0.275 bits per heavy atom. The van der Waals surface area contributed by atoms with E-state index in [-0.39, 0.29) is 0 Å². The molecule has 2 aromatic heterocycles. The molecule has 2 heterocycles. The van der Waals surface area contributed by atoms with Crippen molar-refractivity contribution in [3.8, 4) is 39.1 Å². The minimum absolute atomic E-state index is 1.09. The highest BCUT2D eigenvalue weighted by molar-refractivity contribution is 7.26. The van der Waals surface area contributed by atoms with Crippen LogP contribution in [0.4, 0.5) is 17.1 Å². The second-order valence-corrected chi connectivity index (χ2v) is 19.1. The van der Waals surface area contributed by atoms with Gasteiger partial charge in [-0.05, 0) is 138 Å². The van der Waals surface area contributed by atoms with Gasteiger partial charge in [0.1, 0.15) is 0 Å². The highest BCUT2D eigenvalue weighted by atomic mass is 32.1. The van der Waals surface area contributed by atoms with E-state index in [9.17, 15) is 0 Å². The summed E-state index contributed by atoms with van der Waals surface area (Å²) in [6, 6.07) is 93.7. The van der Waals surface area contributed by atoms with Crippen LogP contribution in [0, 0.1) is 0 Å². The zero-order valence-corrected chi connectivity index (χ0v) is 38.4. The van der Waals surface area contributed by atoms with Crippen LogP contribution in [0.15, 0.2) is 255 Å². The summed E-state index contributed by atoms with van der Waals surface area (Å²) in [7, 11) is 0. The minimum atomic E-state index is 1.09. The van der Waals surface area contributed by atoms with Crippen LogP contribution in [0.1, 0.15) is 0 Å². The highest BCUT2D eigenvalue weighted by Crippen LogP contribution is 2.42. The molecule has 3 heteroatoms. The van der Waals surface area contributed by atoms with Crippen molar-refractivity contribution < 1.29 is 0 Å². The number of hydrogen-bond acceptors (Lipinski definition) is 2. The van der Waals surface area contributed by atoms with Gasteiger partial charge in [0.15, 0.2) is 0 Å². The molecule has 0 aliphatic rings. The largest absolute Gasteiger partial charge is 0.311 e. The number of para-hydroxylation sites is 2. The summed E-state index contributed by atoms with van der Waals surface area (Å²) in [5.74, 6) is 0. The van der Waals surface area contributed by atoms with E-state index in [1.165, 1.54) is 108 Å². The van der Waals surface area contributed by atoms with Gasteiger partial charge in [-0.3, -0.25) is 0 Å². The van der Waals surface area contributed by atoms with E-state index in [0.717, 1.165) is 22.7 Å². The van der Waals surface area contributed by atoms with Crippen LogP contribution in [0.5, 0.6) is 0 Å². The fourth-order valence-electron chi connectivity index (χ4n) is 10.8. The molecule has 14 rings (SSSR count). The van der Waals surface area contributed by atoms with E-state index in [0.29, 0.717) is 0 Å². The lowest BCUT2D eigenvalue weighted by Crippen LogP contribution is -2.09. The van der Waals surface area contributed by atoms with E-state index in [1.807, 2.05) is 11.3 Å². The standard InChI is InChI=1S/C66H42N2S/c1-3-14-56-46(10-1)20-21-51-40-49(29-37-57(51)56)44-24-33-53(34-25-44)67(54-35-26-45(27-36-54)50-30-38-61-62-39-28-47-11-2-4-15-58(47)66(62)69-65(61)42-50)52-31-22-43(23-32-52)48-12-9-13-55(41-48)68-63-18-7-5-16-59(63)60-17-6-8-19-64(60)68/h1-42H. The number of benzene rings is 12. The van der Waals surface area contributed by atoms with Gasteiger partial charge in [0.05, 0.1) is 11.0 Å². The summed E-state index contributed by atoms with van der Waals surface area (Å²) in [6.45, 7) is 0. The lowest BCUT2D eigenvalue weighted by Gasteiger charge is -2.26. The molecule has 0 amide bonds. The third-order valence-electron chi connectivity index (χ3n) is 14.2. The monoisotopic (exact) mass is 894 g/mol. The molecule has 0 aliphatic carbocycles. The van der Waals surface area contributed by atoms with E-state index in [2.05, 4.69) is 264 Å². The predicted octanol–water partition coefficient (Wildman–Crippen LogP) is 19.1. The zero-order valence-electron chi connectivity index (χ0n) is 37.6. The van der Waals surface area contributed by atoms with Crippen LogP contribution in [0.25, 0.3) is 113 Å². The third-order valence-corrected chi connectivity index (χ3v) is 15.4. The molecule has 0 radical (unpaired) electrons. The van der Waals surface area contributed by atoms with Gasteiger partial charge in [-0.25, -0.2) is 0 Å². The quantitative estimate of drug-likeness (QED) is 0.145. The number of nitrogens with zero attached hydrogens (tertiary/aromatic N) is 2. The summed E-state index contributed by atoms with van der Waals surface area (Å²) < 4.78 is 5.05. The molecule has 14 aromatic rings. The fourth-order valence-corrected chi connectivity index (χ4v) is 12.0. The summed E-state index contributed by atoms with van der Waals surface area (Å²) in [4.78, 5) is 2.37. The molecule has 0 N–H and O–H groups in total. The van der Waals surface area contributed by atoms with Gasteiger partial charge >= 0.3 is 0 Å². The molecular weight excluding hydrogens is 853 g/mol. The first-order valence-electron chi connectivity index (χ1n) is 23.6. The van der Waals surface area contributed by atoms with Gasteiger partial charge in [0.25, 0.3) is 0 Å². The second kappa shape index (κ2) is 16.0. The number of fused-ring (bicyclic) bond motifs is 11. The van der Waals surface area contributed by atoms with Gasteiger partial charge in [-0.15, -0.1) is 11.3 Å². The maximum Gasteiger partial charge on any atom is 0.0541 e. The van der Waals surface area contributed by atoms with E-state index in [1.54, 1.807) is 0 Å². The highest BCUT2D eigenvalue weighted by Gasteiger charge is 2.17. The number of hydrogen-bond donors (Lipinski definition) is 0. The Morgan fingerprint density at radius 3 is 1.36 bits per heavy atom. The van der Waals surface area contributed by atoms with E-state index < -0.39 is 0 Å². The first kappa shape index (κ1) is 39.4. The smallest absolute Gasteiger partial charge is 0.0541 e. The molecule has 0 bridgehead atoms. The molecule has 69 heavy (non-hydrogen) atoms. The van der Waals surface area contributed by atoms with E-state index in [4.69, 9.17) is 0 Å². The number of rotatable bonds is 7. The topological polar surface area (TPSA) is 8.17 Å². The molecule has 0 fully saturated rings. The SMILES string of the molecule is c1cc(-c2ccc(N(c3ccc(-c4ccc5c(ccc6ccccc65)c4)cc3)c3ccc(-c4ccc5c(c4)sc4c6ccccc6ccc54)cc3)cc2)cc(-n2c3ccccc3c3ccccc32)c1. The molecule has 0 saturated carbocycles. The Balaban J connectivity index is 0.830. The van der Waals surface area contributed by atoms with Crippen LogP contribution in [-0.2, 0) is 0 Å². The van der Waals surface area contributed by atoms with Gasteiger partial charge in [0.2, 0.25) is 0 Å². The van der Waals surface area contributed by atoms with Crippen molar-refractivity contribution in [2.45, 2.75) is 0 Å². The molecule has 2 nitrogen and oxygen atoms in total. The van der Waals surface area contributed by atoms with Gasteiger partial charge in [-0.1, -0.05) is 182 Å². The maximum absolute atomic E-state index is 2.39. The Bertz CT molecular complexity index is 4240. The molecule has 0 aliphatic heterocycles. The first-order chi connectivity index (χ1) is 34.2. The van der Waals surface area contributed by atoms with Crippen molar-refractivity contribution in [1.82, 2.24) is 4.57 Å². The molecule has 0 unspecified atom stereocenters. The number of anilines is 3. The number of thiophene rings is 1. The van der Waals surface area contributed by atoms with Gasteiger partial charge in [-0.2, -0.15) is 0 Å². The van der Waals surface area contributed by atoms with Crippen molar-refractivity contribution in [3.05, 3.63) is 255 Å². The zero-order chi connectivity index (χ0) is 45.4. The predicted molar refractivity (Wildman–Crippen MR) is 297 cm³/mol. The fraction of sp³-hybridized carbons (Fsp3) is 0. The molecule has 322 valence electrons. The van der Waals surface area contributed by atoms with Gasteiger partial charge < -0.3 is 9.47 Å². The van der Waals surface area contributed by atoms with Crippen LogP contribution in [0.3, 0.4) is 0 Å². The van der Waals surface area contributed by atoms with Crippen LogP contribution in [0.2, 0.25) is 0 Å². The van der Waals surface area contributed by atoms with Crippen molar-refractivity contribution in [2.24, 2.45) is 0 Å². The Kier molecular flexibility index (Phi) is 9.11. The second-order valence-electron chi connectivity index (χ2n) is 18.1.